The van der Waals surface area contributed by atoms with Gasteiger partial charge in [-0.05, 0) is 25.9 Å². The molecule has 0 aliphatic heterocycles. The molecule has 0 radical (unpaired) electrons. The molecule has 0 aromatic heterocycles. The lowest BCUT2D eigenvalue weighted by molar-refractivity contribution is 0.180. The summed E-state index contributed by atoms with van der Waals surface area (Å²) < 4.78 is 12.4. The van der Waals surface area contributed by atoms with Gasteiger partial charge in [-0.1, -0.05) is 129 Å². The van der Waals surface area contributed by atoms with Crippen molar-refractivity contribution in [3.63, 3.8) is 0 Å². The van der Waals surface area contributed by atoms with E-state index in [1.165, 1.54) is 128 Å². The second-order valence-corrected chi connectivity index (χ2v) is 12.3. The third-order valence-corrected chi connectivity index (χ3v) is 10.00. The molecule has 0 unspecified atom stereocenters. The SMILES string of the molecule is CCCCCCCCCCCCCCCCCC[Si](CCCC)(OCC)OCC. The predicted octanol–water partition coefficient (Wildman–Crippen LogP) is 9.56. The maximum atomic E-state index is 6.21. The summed E-state index contributed by atoms with van der Waals surface area (Å²) >= 11 is 0. The number of rotatable bonds is 24. The van der Waals surface area contributed by atoms with Crippen molar-refractivity contribution in [2.24, 2.45) is 0 Å². The normalized spacial score (nSPS) is 12.0. The van der Waals surface area contributed by atoms with Crippen LogP contribution in [0.15, 0.2) is 0 Å². The van der Waals surface area contributed by atoms with Crippen LogP contribution in [-0.4, -0.2) is 21.8 Å². The van der Waals surface area contributed by atoms with Gasteiger partial charge in [-0.25, -0.2) is 0 Å². The highest BCUT2D eigenvalue weighted by Gasteiger charge is 2.35. The average Bonchev–Trinajstić information content (AvgIpc) is 2.72. The van der Waals surface area contributed by atoms with Crippen molar-refractivity contribution in [1.29, 1.82) is 0 Å². The van der Waals surface area contributed by atoms with Gasteiger partial charge in [-0.2, -0.15) is 0 Å². The molecule has 0 saturated heterocycles. The zero-order valence-electron chi connectivity index (χ0n) is 20.9. The molecule has 0 bridgehead atoms. The van der Waals surface area contributed by atoms with Gasteiger partial charge >= 0.3 is 8.56 Å². The third-order valence-electron chi connectivity index (χ3n) is 6.14. The van der Waals surface area contributed by atoms with Crippen LogP contribution < -0.4 is 0 Å². The first kappa shape index (κ1) is 29.1. The Kier molecular flexibility index (Phi) is 22.9. The Morgan fingerprint density at radius 1 is 0.379 bits per heavy atom. The van der Waals surface area contributed by atoms with E-state index in [1.807, 2.05) is 0 Å². The molecule has 0 heterocycles. The molecule has 0 aliphatic carbocycles. The van der Waals surface area contributed by atoms with Gasteiger partial charge in [-0.15, -0.1) is 0 Å². The first-order valence-electron chi connectivity index (χ1n) is 13.5. The van der Waals surface area contributed by atoms with Crippen LogP contribution in [-0.2, 0) is 8.85 Å². The highest BCUT2D eigenvalue weighted by molar-refractivity contribution is 6.67. The zero-order valence-corrected chi connectivity index (χ0v) is 21.9. The highest BCUT2D eigenvalue weighted by atomic mass is 28.4. The van der Waals surface area contributed by atoms with Crippen molar-refractivity contribution < 1.29 is 8.85 Å². The molecule has 0 aliphatic rings. The van der Waals surface area contributed by atoms with Crippen LogP contribution in [0.5, 0.6) is 0 Å². The van der Waals surface area contributed by atoms with E-state index in [0.717, 1.165) is 13.2 Å². The molecule has 0 fully saturated rings. The minimum Gasteiger partial charge on any atom is -0.394 e. The Labute approximate surface area is 186 Å². The summed E-state index contributed by atoms with van der Waals surface area (Å²) in [6.07, 6.45) is 25.4. The lowest BCUT2D eigenvalue weighted by atomic mass is 10.0. The quantitative estimate of drug-likeness (QED) is 0.112. The van der Waals surface area contributed by atoms with Crippen molar-refractivity contribution in [1.82, 2.24) is 0 Å². The largest absolute Gasteiger partial charge is 0.394 e. The van der Waals surface area contributed by atoms with Crippen molar-refractivity contribution in [2.45, 2.75) is 155 Å². The van der Waals surface area contributed by atoms with Gasteiger partial charge in [0.25, 0.3) is 0 Å². The van der Waals surface area contributed by atoms with Crippen molar-refractivity contribution in [3.05, 3.63) is 0 Å². The van der Waals surface area contributed by atoms with Crippen LogP contribution in [0.1, 0.15) is 143 Å². The summed E-state index contributed by atoms with van der Waals surface area (Å²) in [4.78, 5) is 0. The summed E-state index contributed by atoms with van der Waals surface area (Å²) in [5.41, 5.74) is 0. The minimum absolute atomic E-state index is 0.814. The van der Waals surface area contributed by atoms with Gasteiger partial charge in [0.05, 0.1) is 0 Å². The second kappa shape index (κ2) is 22.8. The summed E-state index contributed by atoms with van der Waals surface area (Å²) in [6.45, 7) is 10.4. The number of hydrogen-bond acceptors (Lipinski definition) is 2. The van der Waals surface area contributed by atoms with E-state index in [4.69, 9.17) is 8.85 Å². The van der Waals surface area contributed by atoms with Crippen LogP contribution in [0.4, 0.5) is 0 Å². The van der Waals surface area contributed by atoms with Crippen LogP contribution in [0.2, 0.25) is 12.1 Å². The van der Waals surface area contributed by atoms with E-state index < -0.39 is 8.56 Å². The average molecular weight is 429 g/mol. The molecule has 0 rings (SSSR count). The van der Waals surface area contributed by atoms with Crippen LogP contribution in [0, 0.1) is 0 Å². The fourth-order valence-electron chi connectivity index (χ4n) is 4.37. The lowest BCUT2D eigenvalue weighted by Gasteiger charge is -2.30. The molecule has 0 atom stereocenters. The molecule has 0 N–H and O–H groups in total. The van der Waals surface area contributed by atoms with E-state index in [0.29, 0.717) is 0 Å². The Bertz CT molecular complexity index is 303. The van der Waals surface area contributed by atoms with Gasteiger partial charge in [0, 0.05) is 13.2 Å². The summed E-state index contributed by atoms with van der Waals surface area (Å²) in [5.74, 6) is 0. The van der Waals surface area contributed by atoms with E-state index in [2.05, 4.69) is 27.7 Å². The fraction of sp³-hybridized carbons (Fsp3) is 1.00. The zero-order chi connectivity index (χ0) is 21.5. The monoisotopic (exact) mass is 428 g/mol. The van der Waals surface area contributed by atoms with Crippen LogP contribution in [0.3, 0.4) is 0 Å². The van der Waals surface area contributed by atoms with Gasteiger partial charge < -0.3 is 8.85 Å². The van der Waals surface area contributed by atoms with E-state index in [-0.39, 0.29) is 0 Å². The fourth-order valence-corrected chi connectivity index (χ4v) is 8.01. The summed E-state index contributed by atoms with van der Waals surface area (Å²) in [5, 5.41) is 0. The number of unbranched alkanes of at least 4 members (excludes halogenated alkanes) is 16. The highest BCUT2D eigenvalue weighted by Crippen LogP contribution is 2.25. The van der Waals surface area contributed by atoms with Crippen LogP contribution >= 0.6 is 0 Å². The molecule has 0 saturated carbocycles. The molecule has 0 spiro atoms. The molecule has 29 heavy (non-hydrogen) atoms. The molecule has 3 heteroatoms. The molecular formula is C26H56O2Si. The maximum absolute atomic E-state index is 6.21. The lowest BCUT2D eigenvalue weighted by Crippen LogP contribution is -2.42. The van der Waals surface area contributed by atoms with Crippen molar-refractivity contribution in [2.75, 3.05) is 13.2 Å². The standard InChI is InChI=1S/C26H56O2Si/c1-5-9-11-12-13-14-15-16-17-18-19-20-21-22-23-24-26-29(27-7-3,28-8-4)25-10-6-2/h5-26H2,1-4H3. The Morgan fingerprint density at radius 2 is 0.690 bits per heavy atom. The Balaban J connectivity index is 3.54. The Hall–Kier alpha value is 0.137. The number of hydrogen-bond donors (Lipinski definition) is 0. The smallest absolute Gasteiger partial charge is 0.338 e. The topological polar surface area (TPSA) is 18.5 Å². The minimum atomic E-state index is -1.92. The molecule has 2 nitrogen and oxygen atoms in total. The second-order valence-electron chi connectivity index (χ2n) is 8.93. The van der Waals surface area contributed by atoms with Gasteiger partial charge in [0.2, 0.25) is 0 Å². The first-order chi connectivity index (χ1) is 14.2. The van der Waals surface area contributed by atoms with Gasteiger partial charge in [0.1, 0.15) is 0 Å². The molecule has 0 aromatic carbocycles. The predicted molar refractivity (Wildman–Crippen MR) is 133 cm³/mol. The van der Waals surface area contributed by atoms with Crippen LogP contribution in [0.25, 0.3) is 0 Å². The molecular weight excluding hydrogens is 372 g/mol. The molecule has 176 valence electrons. The first-order valence-corrected chi connectivity index (χ1v) is 15.8. The van der Waals surface area contributed by atoms with Crippen molar-refractivity contribution >= 4 is 8.56 Å². The van der Waals surface area contributed by atoms with Gasteiger partial charge in [-0.3, -0.25) is 0 Å². The van der Waals surface area contributed by atoms with Crippen molar-refractivity contribution in [3.8, 4) is 0 Å². The van der Waals surface area contributed by atoms with Gasteiger partial charge in [0.15, 0.2) is 0 Å². The third kappa shape index (κ3) is 18.6. The van der Waals surface area contributed by atoms with E-state index >= 15 is 0 Å². The summed E-state index contributed by atoms with van der Waals surface area (Å²) in [6, 6.07) is 2.39. The molecule has 0 aromatic rings. The molecule has 0 amide bonds. The Morgan fingerprint density at radius 3 is 1.03 bits per heavy atom. The summed E-state index contributed by atoms with van der Waals surface area (Å²) in [7, 11) is -1.92. The van der Waals surface area contributed by atoms with E-state index in [9.17, 15) is 0 Å². The van der Waals surface area contributed by atoms with E-state index in [1.54, 1.807) is 0 Å². The maximum Gasteiger partial charge on any atom is 0.338 e.